The van der Waals surface area contributed by atoms with Crippen LogP contribution in [0.5, 0.6) is 0 Å². The molecule has 4 nitrogen and oxygen atoms in total. The standard InChI is InChI=1S/C19H28N2O2/c1-20-11-6-10-18(20)15-21(12-7-13-23-2)16-19(22)14-17-8-4-3-5-9-17/h3-6,8-11,19,22H,7,12-16H2,1-2H3. The van der Waals surface area contributed by atoms with Gasteiger partial charge in [0.1, 0.15) is 0 Å². The molecule has 0 fully saturated rings. The van der Waals surface area contributed by atoms with E-state index in [2.05, 4.69) is 47.0 Å². The van der Waals surface area contributed by atoms with Crippen LogP contribution in [-0.4, -0.2) is 47.5 Å². The Kier molecular flexibility index (Phi) is 7.33. The maximum Gasteiger partial charge on any atom is 0.0707 e. The summed E-state index contributed by atoms with van der Waals surface area (Å²) in [5.74, 6) is 0. The van der Waals surface area contributed by atoms with Crippen molar-refractivity contribution in [3.05, 3.63) is 59.9 Å². The van der Waals surface area contributed by atoms with Gasteiger partial charge in [0, 0.05) is 52.3 Å². The molecule has 2 rings (SSSR count). The molecule has 4 heteroatoms. The maximum atomic E-state index is 10.4. The van der Waals surface area contributed by atoms with Crippen molar-refractivity contribution >= 4 is 0 Å². The minimum Gasteiger partial charge on any atom is -0.391 e. The van der Waals surface area contributed by atoms with Gasteiger partial charge in [0.2, 0.25) is 0 Å². The minimum atomic E-state index is -0.361. The Hall–Kier alpha value is -1.62. The second-order valence-electron chi connectivity index (χ2n) is 6.04. The lowest BCUT2D eigenvalue weighted by atomic mass is 10.1. The van der Waals surface area contributed by atoms with Gasteiger partial charge in [-0.15, -0.1) is 0 Å². The smallest absolute Gasteiger partial charge is 0.0707 e. The fourth-order valence-electron chi connectivity index (χ4n) is 2.81. The highest BCUT2D eigenvalue weighted by molar-refractivity contribution is 5.15. The van der Waals surface area contributed by atoms with Crippen molar-refractivity contribution in [2.45, 2.75) is 25.5 Å². The lowest BCUT2D eigenvalue weighted by molar-refractivity contribution is 0.0983. The van der Waals surface area contributed by atoms with Crippen LogP contribution >= 0.6 is 0 Å². The molecule has 1 aromatic heterocycles. The molecule has 0 aliphatic carbocycles. The summed E-state index contributed by atoms with van der Waals surface area (Å²) in [6, 6.07) is 14.4. The number of aliphatic hydroxyl groups excluding tert-OH is 1. The van der Waals surface area contributed by atoms with Crippen molar-refractivity contribution in [1.29, 1.82) is 0 Å². The number of nitrogens with zero attached hydrogens (tertiary/aromatic N) is 2. The van der Waals surface area contributed by atoms with E-state index in [0.29, 0.717) is 13.0 Å². The largest absolute Gasteiger partial charge is 0.391 e. The molecule has 126 valence electrons. The molecule has 1 unspecified atom stereocenters. The first-order valence-electron chi connectivity index (χ1n) is 8.22. The zero-order valence-corrected chi connectivity index (χ0v) is 14.2. The first-order valence-corrected chi connectivity index (χ1v) is 8.22. The summed E-state index contributed by atoms with van der Waals surface area (Å²) in [7, 11) is 3.79. The average Bonchev–Trinajstić information content (AvgIpc) is 2.93. The molecule has 1 aromatic carbocycles. The SMILES string of the molecule is COCCCN(Cc1cccn1C)CC(O)Cc1ccccc1. The van der Waals surface area contributed by atoms with E-state index in [1.165, 1.54) is 11.3 Å². The topological polar surface area (TPSA) is 37.6 Å². The number of aryl methyl sites for hydroxylation is 1. The first kappa shape index (κ1) is 17.7. The number of aliphatic hydroxyl groups is 1. The highest BCUT2D eigenvalue weighted by Crippen LogP contribution is 2.09. The van der Waals surface area contributed by atoms with Crippen molar-refractivity contribution in [1.82, 2.24) is 9.47 Å². The molecule has 1 heterocycles. The first-order chi connectivity index (χ1) is 11.2. The van der Waals surface area contributed by atoms with Gasteiger partial charge in [-0.25, -0.2) is 0 Å². The normalized spacial score (nSPS) is 12.7. The molecular weight excluding hydrogens is 288 g/mol. The number of hydrogen-bond acceptors (Lipinski definition) is 3. The molecule has 0 saturated heterocycles. The molecule has 0 bridgehead atoms. The zero-order chi connectivity index (χ0) is 16.5. The monoisotopic (exact) mass is 316 g/mol. The van der Waals surface area contributed by atoms with Crippen molar-refractivity contribution < 1.29 is 9.84 Å². The number of rotatable bonds is 10. The molecule has 1 atom stereocenters. The third-order valence-corrected chi connectivity index (χ3v) is 4.04. The van der Waals surface area contributed by atoms with Gasteiger partial charge in [-0.1, -0.05) is 30.3 Å². The molecule has 0 spiro atoms. The minimum absolute atomic E-state index is 0.361. The van der Waals surface area contributed by atoms with Crippen LogP contribution in [0.15, 0.2) is 48.7 Å². The Balaban J connectivity index is 1.91. The Bertz CT molecular complexity index is 554. The summed E-state index contributed by atoms with van der Waals surface area (Å²) in [6.45, 7) is 3.19. The van der Waals surface area contributed by atoms with Crippen molar-refractivity contribution in [2.75, 3.05) is 26.8 Å². The van der Waals surface area contributed by atoms with Crippen molar-refractivity contribution in [3.63, 3.8) is 0 Å². The summed E-state index contributed by atoms with van der Waals surface area (Å²) < 4.78 is 7.29. The van der Waals surface area contributed by atoms with Gasteiger partial charge in [-0.2, -0.15) is 0 Å². The molecule has 0 amide bonds. The summed E-state index contributed by atoms with van der Waals surface area (Å²) in [5.41, 5.74) is 2.44. The van der Waals surface area contributed by atoms with Gasteiger partial charge in [0.15, 0.2) is 0 Å². The van der Waals surface area contributed by atoms with E-state index in [9.17, 15) is 5.11 Å². The van der Waals surface area contributed by atoms with Gasteiger partial charge in [0.05, 0.1) is 6.10 Å². The van der Waals surface area contributed by atoms with E-state index in [1.807, 2.05) is 18.2 Å². The van der Waals surface area contributed by atoms with Gasteiger partial charge in [-0.3, -0.25) is 4.90 Å². The van der Waals surface area contributed by atoms with E-state index in [4.69, 9.17) is 4.74 Å². The predicted molar refractivity (Wildman–Crippen MR) is 93.3 cm³/mol. The zero-order valence-electron chi connectivity index (χ0n) is 14.2. The fourth-order valence-corrected chi connectivity index (χ4v) is 2.81. The van der Waals surface area contributed by atoms with E-state index in [1.54, 1.807) is 7.11 Å². The number of hydrogen-bond donors (Lipinski definition) is 1. The number of ether oxygens (including phenoxy) is 1. The maximum absolute atomic E-state index is 10.4. The Morgan fingerprint density at radius 2 is 1.96 bits per heavy atom. The lowest BCUT2D eigenvalue weighted by Crippen LogP contribution is -2.34. The summed E-state index contributed by atoms with van der Waals surface area (Å²) >= 11 is 0. The molecular formula is C19H28N2O2. The van der Waals surface area contributed by atoms with Gasteiger partial charge in [0.25, 0.3) is 0 Å². The van der Waals surface area contributed by atoms with Gasteiger partial charge >= 0.3 is 0 Å². The van der Waals surface area contributed by atoms with Crippen LogP contribution in [0.4, 0.5) is 0 Å². The summed E-state index contributed by atoms with van der Waals surface area (Å²) in [4.78, 5) is 2.31. The molecule has 0 saturated carbocycles. The molecule has 0 aliphatic rings. The number of methoxy groups -OCH3 is 1. The van der Waals surface area contributed by atoms with Crippen LogP contribution in [0.1, 0.15) is 17.7 Å². The fraction of sp³-hybridized carbons (Fsp3) is 0.474. The Morgan fingerprint density at radius 3 is 2.61 bits per heavy atom. The van der Waals surface area contributed by atoms with Crippen molar-refractivity contribution in [2.24, 2.45) is 7.05 Å². The quantitative estimate of drug-likeness (QED) is 0.684. The van der Waals surface area contributed by atoms with E-state index < -0.39 is 0 Å². The highest BCUT2D eigenvalue weighted by Gasteiger charge is 2.14. The van der Waals surface area contributed by atoms with E-state index in [0.717, 1.165) is 26.1 Å². The van der Waals surface area contributed by atoms with Crippen LogP contribution in [-0.2, 0) is 24.8 Å². The lowest BCUT2D eigenvalue weighted by Gasteiger charge is -2.25. The third-order valence-electron chi connectivity index (χ3n) is 4.04. The van der Waals surface area contributed by atoms with Gasteiger partial charge < -0.3 is 14.4 Å². The molecule has 23 heavy (non-hydrogen) atoms. The summed E-state index contributed by atoms with van der Waals surface area (Å²) in [5, 5.41) is 10.4. The number of aromatic nitrogens is 1. The Morgan fingerprint density at radius 1 is 1.17 bits per heavy atom. The highest BCUT2D eigenvalue weighted by atomic mass is 16.5. The Labute approximate surface area is 139 Å². The molecule has 0 radical (unpaired) electrons. The molecule has 1 N–H and O–H groups in total. The van der Waals surface area contributed by atoms with Crippen LogP contribution in [0.25, 0.3) is 0 Å². The van der Waals surface area contributed by atoms with E-state index in [-0.39, 0.29) is 6.10 Å². The second kappa shape index (κ2) is 9.50. The summed E-state index contributed by atoms with van der Waals surface area (Å²) in [6.07, 6.45) is 3.36. The van der Waals surface area contributed by atoms with Crippen LogP contribution in [0.2, 0.25) is 0 Å². The number of benzene rings is 1. The van der Waals surface area contributed by atoms with Crippen LogP contribution < -0.4 is 0 Å². The third kappa shape index (κ3) is 6.18. The van der Waals surface area contributed by atoms with Gasteiger partial charge in [-0.05, 0) is 30.5 Å². The van der Waals surface area contributed by atoms with E-state index >= 15 is 0 Å². The molecule has 0 aliphatic heterocycles. The van der Waals surface area contributed by atoms with Crippen LogP contribution in [0.3, 0.4) is 0 Å². The van der Waals surface area contributed by atoms with Crippen molar-refractivity contribution in [3.8, 4) is 0 Å². The molecule has 2 aromatic rings. The predicted octanol–water partition coefficient (Wildman–Crippen LogP) is 2.47. The van der Waals surface area contributed by atoms with Crippen LogP contribution in [0, 0.1) is 0 Å². The average molecular weight is 316 g/mol. The second-order valence-corrected chi connectivity index (χ2v) is 6.04.